The molecule has 1 heterocycles. The van der Waals surface area contributed by atoms with Crippen LogP contribution < -0.4 is 10.2 Å². The van der Waals surface area contributed by atoms with Gasteiger partial charge in [-0.05, 0) is 24.6 Å². The van der Waals surface area contributed by atoms with Crippen LogP contribution in [0.3, 0.4) is 0 Å². The maximum Gasteiger partial charge on any atom is 0.194 e. The minimum atomic E-state index is -0.971. The molecule has 0 amide bonds. The Kier molecular flexibility index (Phi) is 10.7. The van der Waals surface area contributed by atoms with Crippen molar-refractivity contribution >= 4 is 46.4 Å². The maximum atomic E-state index is 14.0. The highest BCUT2D eigenvalue weighted by Gasteiger charge is 2.22. The molecule has 1 atom stereocenters. The van der Waals surface area contributed by atoms with Crippen LogP contribution in [0.25, 0.3) is 0 Å². The molecule has 0 aliphatic carbocycles. The van der Waals surface area contributed by atoms with E-state index in [9.17, 15) is 13.0 Å². The summed E-state index contributed by atoms with van der Waals surface area (Å²) in [7, 11) is -0.971. The molecule has 1 fully saturated rings. The number of benzene rings is 2. The number of guanidine groups is 1. The Labute approximate surface area is 202 Å². The zero-order chi connectivity index (χ0) is 21.3. The summed E-state index contributed by atoms with van der Waals surface area (Å²) < 4.78 is 39.9. The van der Waals surface area contributed by atoms with Crippen LogP contribution >= 0.6 is 24.0 Å². The third kappa shape index (κ3) is 7.71. The first kappa shape index (κ1) is 25.5. The number of anilines is 1. The van der Waals surface area contributed by atoms with Gasteiger partial charge in [-0.25, -0.2) is 8.78 Å². The molecule has 1 N–H and O–H groups in total. The molecule has 1 saturated heterocycles. The van der Waals surface area contributed by atoms with Gasteiger partial charge < -0.3 is 15.1 Å². The van der Waals surface area contributed by atoms with Gasteiger partial charge in [0, 0.05) is 61.1 Å². The zero-order valence-corrected chi connectivity index (χ0v) is 20.7. The second-order valence-corrected chi connectivity index (χ2v) is 8.66. The number of hydrogen-bond acceptors (Lipinski definition) is 3. The number of nitrogens with one attached hydrogen (secondary N) is 1. The molecule has 170 valence electrons. The van der Waals surface area contributed by atoms with Gasteiger partial charge in [0.2, 0.25) is 0 Å². The number of piperazine rings is 1. The van der Waals surface area contributed by atoms with Gasteiger partial charge in [-0.3, -0.25) is 9.20 Å². The SMILES string of the molecule is CCNC(=NCCS(=O)Cc1ccccc1)N1CCN(c2cc(F)ccc2F)CC1.I. The van der Waals surface area contributed by atoms with Gasteiger partial charge in [-0.2, -0.15) is 0 Å². The van der Waals surface area contributed by atoms with E-state index in [0.717, 1.165) is 30.2 Å². The van der Waals surface area contributed by atoms with Crippen LogP contribution in [0, 0.1) is 11.6 Å². The fourth-order valence-electron chi connectivity index (χ4n) is 3.40. The summed E-state index contributed by atoms with van der Waals surface area (Å²) in [6.07, 6.45) is 0. The molecule has 0 saturated carbocycles. The molecule has 0 radical (unpaired) electrons. The predicted molar refractivity (Wildman–Crippen MR) is 135 cm³/mol. The van der Waals surface area contributed by atoms with E-state index in [1.807, 2.05) is 42.2 Å². The van der Waals surface area contributed by atoms with Gasteiger partial charge in [-0.15, -0.1) is 24.0 Å². The molecular formula is C22H29F2IN4OS. The lowest BCUT2D eigenvalue weighted by Gasteiger charge is -2.37. The standard InChI is InChI=1S/C22H28F2N4OS.HI/c1-2-25-22(26-10-15-30(29)17-18-6-4-3-5-7-18)28-13-11-27(12-14-28)21-16-19(23)8-9-20(21)24;/h3-9,16H,2,10-15,17H2,1H3,(H,25,26);1H. The van der Waals surface area contributed by atoms with Crippen LogP contribution in [0.4, 0.5) is 14.5 Å². The first-order valence-electron chi connectivity index (χ1n) is 10.2. The number of hydrogen-bond donors (Lipinski definition) is 1. The second-order valence-electron chi connectivity index (χ2n) is 7.08. The van der Waals surface area contributed by atoms with Crippen molar-refractivity contribution in [3.05, 3.63) is 65.7 Å². The van der Waals surface area contributed by atoms with Gasteiger partial charge in [0.05, 0.1) is 12.2 Å². The predicted octanol–water partition coefficient (Wildman–Crippen LogP) is 3.62. The summed E-state index contributed by atoms with van der Waals surface area (Å²) in [5.74, 6) is 0.954. The van der Waals surface area contributed by atoms with Crippen molar-refractivity contribution in [3.8, 4) is 0 Å². The van der Waals surface area contributed by atoms with E-state index in [0.29, 0.717) is 49.9 Å². The van der Waals surface area contributed by atoms with E-state index >= 15 is 0 Å². The quantitative estimate of drug-likeness (QED) is 0.318. The topological polar surface area (TPSA) is 47.9 Å². The molecule has 31 heavy (non-hydrogen) atoms. The highest BCUT2D eigenvalue weighted by Crippen LogP contribution is 2.22. The number of halogens is 3. The van der Waals surface area contributed by atoms with Crippen LogP contribution in [0.2, 0.25) is 0 Å². The van der Waals surface area contributed by atoms with Crippen molar-refractivity contribution in [1.29, 1.82) is 0 Å². The lowest BCUT2D eigenvalue weighted by Crippen LogP contribution is -2.52. The summed E-state index contributed by atoms with van der Waals surface area (Å²) in [6.45, 7) is 5.64. The minimum absolute atomic E-state index is 0. The van der Waals surface area contributed by atoms with Crippen molar-refractivity contribution < 1.29 is 13.0 Å². The number of nitrogens with zero attached hydrogens (tertiary/aromatic N) is 3. The lowest BCUT2D eigenvalue weighted by molar-refractivity contribution is 0.371. The van der Waals surface area contributed by atoms with Crippen molar-refractivity contribution in [3.63, 3.8) is 0 Å². The fraction of sp³-hybridized carbons (Fsp3) is 0.409. The molecular weight excluding hydrogens is 533 g/mol. The average Bonchev–Trinajstić information content (AvgIpc) is 2.76. The minimum Gasteiger partial charge on any atom is -0.366 e. The van der Waals surface area contributed by atoms with E-state index in [2.05, 4.69) is 15.2 Å². The van der Waals surface area contributed by atoms with Crippen LogP contribution in [-0.2, 0) is 16.6 Å². The van der Waals surface area contributed by atoms with E-state index in [1.54, 1.807) is 0 Å². The van der Waals surface area contributed by atoms with E-state index in [-0.39, 0.29) is 24.0 Å². The summed E-state index contributed by atoms with van der Waals surface area (Å²) in [6, 6.07) is 13.3. The molecule has 0 spiro atoms. The van der Waals surface area contributed by atoms with Crippen molar-refractivity contribution in [1.82, 2.24) is 10.2 Å². The first-order chi connectivity index (χ1) is 14.6. The molecule has 1 unspecified atom stereocenters. The van der Waals surface area contributed by atoms with Crippen LogP contribution in [-0.4, -0.2) is 60.1 Å². The molecule has 0 aromatic heterocycles. The third-order valence-corrected chi connectivity index (χ3v) is 6.21. The molecule has 9 heteroatoms. The van der Waals surface area contributed by atoms with Crippen molar-refractivity contribution in [2.45, 2.75) is 12.7 Å². The van der Waals surface area contributed by atoms with E-state index in [1.165, 1.54) is 6.07 Å². The maximum absolute atomic E-state index is 14.0. The van der Waals surface area contributed by atoms with Crippen LogP contribution in [0.5, 0.6) is 0 Å². The van der Waals surface area contributed by atoms with Gasteiger partial charge in [-0.1, -0.05) is 30.3 Å². The Morgan fingerprint density at radius 3 is 2.48 bits per heavy atom. The Morgan fingerprint density at radius 2 is 1.81 bits per heavy atom. The summed E-state index contributed by atoms with van der Waals surface area (Å²) in [5.41, 5.74) is 1.36. The van der Waals surface area contributed by atoms with Gasteiger partial charge >= 0.3 is 0 Å². The van der Waals surface area contributed by atoms with Crippen LogP contribution in [0.15, 0.2) is 53.5 Å². The van der Waals surface area contributed by atoms with E-state index < -0.39 is 22.4 Å². The Bertz CT molecular complexity index is 877. The van der Waals surface area contributed by atoms with Gasteiger partial charge in [0.15, 0.2) is 5.96 Å². The van der Waals surface area contributed by atoms with Gasteiger partial charge in [0.1, 0.15) is 11.6 Å². The summed E-state index contributed by atoms with van der Waals surface area (Å²) in [4.78, 5) is 8.60. The highest BCUT2D eigenvalue weighted by atomic mass is 127. The Morgan fingerprint density at radius 1 is 1.10 bits per heavy atom. The highest BCUT2D eigenvalue weighted by molar-refractivity contribution is 14.0. The van der Waals surface area contributed by atoms with Crippen molar-refractivity contribution in [2.75, 3.05) is 49.9 Å². The normalized spacial score (nSPS) is 15.4. The molecule has 2 aromatic carbocycles. The molecule has 1 aliphatic heterocycles. The number of rotatable bonds is 7. The lowest BCUT2D eigenvalue weighted by atomic mass is 10.2. The molecule has 2 aromatic rings. The second kappa shape index (κ2) is 12.9. The monoisotopic (exact) mass is 562 g/mol. The molecule has 1 aliphatic rings. The third-order valence-electron chi connectivity index (χ3n) is 4.91. The molecule has 5 nitrogen and oxygen atoms in total. The van der Waals surface area contributed by atoms with Crippen molar-refractivity contribution in [2.24, 2.45) is 4.99 Å². The zero-order valence-electron chi connectivity index (χ0n) is 17.6. The molecule has 0 bridgehead atoms. The summed E-state index contributed by atoms with van der Waals surface area (Å²) >= 11 is 0. The first-order valence-corrected chi connectivity index (χ1v) is 11.7. The van der Waals surface area contributed by atoms with Gasteiger partial charge in [0.25, 0.3) is 0 Å². The Hall–Kier alpha value is -1.75. The summed E-state index contributed by atoms with van der Waals surface area (Å²) in [5, 5.41) is 3.28. The smallest absolute Gasteiger partial charge is 0.194 e. The number of aliphatic imine (C=N–C) groups is 1. The largest absolute Gasteiger partial charge is 0.366 e. The fourth-order valence-corrected chi connectivity index (χ4v) is 4.40. The Balaban J connectivity index is 0.00000341. The van der Waals surface area contributed by atoms with Crippen LogP contribution in [0.1, 0.15) is 12.5 Å². The molecule has 3 rings (SSSR count). The van der Waals surface area contributed by atoms with E-state index in [4.69, 9.17) is 0 Å². The average molecular weight is 562 g/mol.